The topological polar surface area (TPSA) is 15.3 Å². The van der Waals surface area contributed by atoms with Crippen molar-refractivity contribution in [2.24, 2.45) is 0 Å². The highest BCUT2D eigenvalue weighted by atomic mass is 15.1. The van der Waals surface area contributed by atoms with Gasteiger partial charge in [-0.3, -0.25) is 0 Å². The third-order valence-corrected chi connectivity index (χ3v) is 14.2. The van der Waals surface area contributed by atoms with Gasteiger partial charge in [-0.1, -0.05) is 188 Å². The molecule has 0 fully saturated rings. The van der Waals surface area contributed by atoms with Crippen LogP contribution in [-0.2, 0) is 16.2 Å². The molecule has 2 heteroatoms. The van der Waals surface area contributed by atoms with E-state index in [4.69, 9.17) is 0 Å². The van der Waals surface area contributed by atoms with Crippen molar-refractivity contribution in [3.05, 3.63) is 234 Å². The molecule has 0 saturated heterocycles. The van der Waals surface area contributed by atoms with E-state index in [1.54, 1.807) is 6.08 Å². The predicted octanol–water partition coefficient (Wildman–Crippen LogP) is 17.3. The highest BCUT2D eigenvalue weighted by molar-refractivity contribution is 6.08. The van der Waals surface area contributed by atoms with Crippen LogP contribution in [0.3, 0.4) is 0 Å². The Hall–Kier alpha value is -7.16. The number of para-hydroxylation sites is 1. The van der Waals surface area contributed by atoms with Gasteiger partial charge in [0.15, 0.2) is 0 Å². The zero-order valence-corrected chi connectivity index (χ0v) is 38.1. The second-order valence-corrected chi connectivity index (χ2v) is 19.0. The third kappa shape index (κ3) is 6.46. The number of nitrogens with zero attached hydrogens (tertiary/aromatic N) is 1. The molecule has 0 atom stereocenters. The minimum Gasteiger partial charge on any atom is -0.354 e. The first-order valence-corrected chi connectivity index (χ1v) is 22.7. The van der Waals surface area contributed by atoms with Gasteiger partial charge in [0.2, 0.25) is 0 Å². The van der Waals surface area contributed by atoms with Crippen molar-refractivity contribution in [1.29, 1.82) is 0 Å². The molecule has 0 radical (unpaired) electrons. The molecule has 0 amide bonds. The molecule has 314 valence electrons. The Bertz CT molecular complexity index is 3190. The Balaban J connectivity index is 0.000000642. The molecule has 64 heavy (non-hydrogen) atoms. The van der Waals surface area contributed by atoms with Crippen molar-refractivity contribution >= 4 is 39.2 Å². The number of fused-ring (bicyclic) bond motifs is 10. The van der Waals surface area contributed by atoms with Gasteiger partial charge in [0.25, 0.3) is 0 Å². The summed E-state index contributed by atoms with van der Waals surface area (Å²) < 4.78 is 0. The number of nitrogens with one attached hydrogen (secondary N) is 1. The molecule has 0 aliphatic heterocycles. The lowest BCUT2D eigenvalue weighted by atomic mass is 9.81. The molecule has 0 heterocycles. The zero-order chi connectivity index (χ0) is 44.4. The first-order valence-electron chi connectivity index (χ1n) is 22.7. The molecule has 0 aromatic heterocycles. The summed E-state index contributed by atoms with van der Waals surface area (Å²) in [6, 6.07) is 61.1. The Kier molecular flexibility index (Phi) is 9.95. The third-order valence-electron chi connectivity index (χ3n) is 14.2. The highest BCUT2D eigenvalue weighted by Crippen LogP contribution is 2.57. The first kappa shape index (κ1) is 40.9. The average Bonchev–Trinajstić information content (AvgIpc) is 3.79. The molecule has 0 saturated carbocycles. The molecule has 3 aliphatic rings. The van der Waals surface area contributed by atoms with Crippen LogP contribution in [-0.4, -0.2) is 0 Å². The van der Waals surface area contributed by atoms with E-state index in [2.05, 4.69) is 222 Å². The SMILES string of the molecule is C=C/C=C\C=C/C.CC1(C)c2ccccc2-c2ccc(Nc3c4c(cc5ccccc35)C(C)(C)c3cc(N(c5ccccc5)c5ccc6c(c5)C(C)(C)c5ccccc5-6)ccc3-4)cc21. The van der Waals surface area contributed by atoms with Crippen molar-refractivity contribution in [3.8, 4) is 33.4 Å². The van der Waals surface area contributed by atoms with Gasteiger partial charge in [-0.15, -0.1) is 0 Å². The van der Waals surface area contributed by atoms with E-state index in [1.807, 2.05) is 31.2 Å². The number of benzene rings is 8. The Morgan fingerprint density at radius 1 is 0.438 bits per heavy atom. The fourth-order valence-corrected chi connectivity index (χ4v) is 10.8. The first-order chi connectivity index (χ1) is 30.9. The number of allylic oxidation sites excluding steroid dienone is 5. The summed E-state index contributed by atoms with van der Waals surface area (Å²) in [5.74, 6) is 0. The number of hydrogen-bond acceptors (Lipinski definition) is 2. The minimum atomic E-state index is -0.230. The molecule has 0 spiro atoms. The van der Waals surface area contributed by atoms with Crippen LogP contribution in [0, 0.1) is 0 Å². The van der Waals surface area contributed by atoms with Gasteiger partial charge < -0.3 is 10.2 Å². The van der Waals surface area contributed by atoms with Gasteiger partial charge in [-0.05, 0) is 128 Å². The second kappa shape index (κ2) is 15.6. The molecular formula is C62H56N2. The van der Waals surface area contributed by atoms with E-state index in [-0.39, 0.29) is 16.2 Å². The monoisotopic (exact) mass is 828 g/mol. The number of hydrogen-bond donors (Lipinski definition) is 1. The lowest BCUT2D eigenvalue weighted by Crippen LogP contribution is -2.18. The normalized spacial score (nSPS) is 15.1. The maximum absolute atomic E-state index is 4.04. The molecule has 8 aromatic rings. The fraction of sp³-hybridized carbons (Fsp3) is 0.161. The summed E-state index contributed by atoms with van der Waals surface area (Å²) in [6.45, 7) is 19.7. The molecule has 0 bridgehead atoms. The molecule has 11 rings (SSSR count). The lowest BCUT2D eigenvalue weighted by Gasteiger charge is -2.29. The average molecular weight is 829 g/mol. The van der Waals surface area contributed by atoms with E-state index in [1.165, 1.54) is 88.9 Å². The standard InChI is InChI=1S/C55H46N2.C7H10/c1-53(2)45-22-14-12-20-40(45)42-27-24-35(31-47(42)53)56-52-39-19-11-10-16-34(39)30-50-51(52)44-29-26-38(33-49(44)55(50,5)6)57(36-17-8-7-9-18-36)37-25-28-43-41-21-13-15-23-46(41)54(3,4)48(43)32-37;1-3-5-7-6-4-2/h7-33,56H,1-6H3;3-7H,1H2,2H3/b;6-4-,7-5-. The molecular weight excluding hydrogens is 773 g/mol. The quantitative estimate of drug-likeness (QED) is 0.161. The highest BCUT2D eigenvalue weighted by Gasteiger charge is 2.40. The van der Waals surface area contributed by atoms with E-state index >= 15 is 0 Å². The van der Waals surface area contributed by atoms with Crippen molar-refractivity contribution in [1.82, 2.24) is 0 Å². The summed E-state index contributed by atoms with van der Waals surface area (Å²) in [4.78, 5) is 2.44. The van der Waals surface area contributed by atoms with Crippen LogP contribution in [0.2, 0.25) is 0 Å². The molecule has 8 aromatic carbocycles. The van der Waals surface area contributed by atoms with Crippen molar-refractivity contribution < 1.29 is 0 Å². The number of rotatable bonds is 7. The van der Waals surface area contributed by atoms with Crippen LogP contribution in [0.25, 0.3) is 44.2 Å². The largest absolute Gasteiger partial charge is 0.354 e. The smallest absolute Gasteiger partial charge is 0.0546 e. The lowest BCUT2D eigenvalue weighted by molar-refractivity contribution is 0.660. The van der Waals surface area contributed by atoms with Crippen LogP contribution >= 0.6 is 0 Å². The van der Waals surface area contributed by atoms with Gasteiger partial charge in [0.05, 0.1) is 5.69 Å². The van der Waals surface area contributed by atoms with Crippen LogP contribution < -0.4 is 10.2 Å². The fourth-order valence-electron chi connectivity index (χ4n) is 10.8. The maximum Gasteiger partial charge on any atom is 0.0546 e. The van der Waals surface area contributed by atoms with E-state index in [9.17, 15) is 0 Å². The summed E-state index contributed by atoms with van der Waals surface area (Å²) in [6.07, 6.45) is 9.51. The summed E-state index contributed by atoms with van der Waals surface area (Å²) in [5.41, 5.74) is 21.6. The van der Waals surface area contributed by atoms with Crippen molar-refractivity contribution in [2.45, 2.75) is 64.7 Å². The van der Waals surface area contributed by atoms with E-state index in [0.29, 0.717) is 0 Å². The Labute approximate surface area is 380 Å². The Morgan fingerprint density at radius 3 is 1.59 bits per heavy atom. The van der Waals surface area contributed by atoms with Crippen molar-refractivity contribution in [2.75, 3.05) is 10.2 Å². The van der Waals surface area contributed by atoms with Crippen LogP contribution in [0.5, 0.6) is 0 Å². The minimum absolute atomic E-state index is 0.0709. The van der Waals surface area contributed by atoms with Crippen LogP contribution in [0.15, 0.2) is 201 Å². The molecule has 1 N–H and O–H groups in total. The van der Waals surface area contributed by atoms with Crippen LogP contribution in [0.4, 0.5) is 28.4 Å². The van der Waals surface area contributed by atoms with Gasteiger partial charge in [0.1, 0.15) is 0 Å². The summed E-state index contributed by atoms with van der Waals surface area (Å²) in [7, 11) is 0. The van der Waals surface area contributed by atoms with Gasteiger partial charge >= 0.3 is 0 Å². The Morgan fingerprint density at radius 2 is 0.953 bits per heavy atom. The molecule has 2 nitrogen and oxygen atoms in total. The molecule has 3 aliphatic carbocycles. The maximum atomic E-state index is 4.04. The second-order valence-electron chi connectivity index (χ2n) is 19.0. The van der Waals surface area contributed by atoms with Crippen LogP contribution in [0.1, 0.15) is 81.8 Å². The van der Waals surface area contributed by atoms with Gasteiger partial charge in [0, 0.05) is 49.9 Å². The van der Waals surface area contributed by atoms with Gasteiger partial charge in [-0.25, -0.2) is 0 Å². The van der Waals surface area contributed by atoms with E-state index < -0.39 is 0 Å². The predicted molar refractivity (Wildman–Crippen MR) is 275 cm³/mol. The number of anilines is 5. The zero-order valence-electron chi connectivity index (χ0n) is 38.1. The molecule has 0 unspecified atom stereocenters. The van der Waals surface area contributed by atoms with Crippen molar-refractivity contribution in [3.63, 3.8) is 0 Å². The van der Waals surface area contributed by atoms with E-state index in [0.717, 1.165) is 17.1 Å². The summed E-state index contributed by atoms with van der Waals surface area (Å²) >= 11 is 0. The summed E-state index contributed by atoms with van der Waals surface area (Å²) in [5, 5.41) is 6.53. The van der Waals surface area contributed by atoms with Gasteiger partial charge in [-0.2, -0.15) is 0 Å².